The molecule has 0 bridgehead atoms. The average Bonchev–Trinajstić information content (AvgIpc) is 1.53. The molecule has 0 radical (unpaired) electrons. The van der Waals surface area contributed by atoms with E-state index in [9.17, 15) is 0 Å². The van der Waals surface area contributed by atoms with Crippen LogP contribution in [0.3, 0.4) is 0 Å². The third-order valence-electron chi connectivity index (χ3n) is 21.8. The first-order chi connectivity index (χ1) is 43.9. The summed E-state index contributed by atoms with van der Waals surface area (Å²) in [6.45, 7) is 14.0. The predicted molar refractivity (Wildman–Crippen MR) is 390 cm³/mol. The normalized spacial score (nSPS) is 14.4. The Morgan fingerprint density at radius 2 is 0.506 bits per heavy atom. The lowest BCUT2D eigenvalue weighted by atomic mass is 9.66. The van der Waals surface area contributed by atoms with Crippen LogP contribution in [0.25, 0.3) is 32.0 Å². The zero-order valence-corrected chi connectivity index (χ0v) is 57.8. The molecule has 0 spiro atoms. The number of fused-ring (bicyclic) bond motifs is 9. The van der Waals surface area contributed by atoms with E-state index in [1.807, 2.05) is 22.7 Å². The van der Waals surface area contributed by atoms with Crippen molar-refractivity contribution in [2.75, 3.05) is 0 Å². The van der Waals surface area contributed by atoms with Crippen molar-refractivity contribution in [1.82, 2.24) is 0 Å². The van der Waals surface area contributed by atoms with Crippen LogP contribution in [0.5, 0.6) is 0 Å². The van der Waals surface area contributed by atoms with Gasteiger partial charge in [0, 0.05) is 15.2 Å². The average molecular weight is 1220 g/mol. The Labute approximate surface area is 549 Å². The number of unbranched alkanes of at least 4 members (excludes halogenated alkanes) is 22. The monoisotopic (exact) mass is 1220 g/mol. The molecule has 11 rings (SSSR count). The fraction of sp³-hybridized carbons (Fsp3) is 0.494. The van der Waals surface area contributed by atoms with Gasteiger partial charge in [-0.2, -0.15) is 0 Å². The summed E-state index contributed by atoms with van der Waals surface area (Å²) in [6.07, 6.45) is 43.4. The molecule has 89 heavy (non-hydrogen) atoms. The van der Waals surface area contributed by atoms with Gasteiger partial charge in [0.15, 0.2) is 0 Å². The quantitative estimate of drug-likeness (QED) is 0.0338. The van der Waals surface area contributed by atoms with E-state index in [4.69, 9.17) is 0 Å². The molecule has 0 unspecified atom stereocenters. The van der Waals surface area contributed by atoms with Crippen molar-refractivity contribution in [3.8, 4) is 32.0 Å². The van der Waals surface area contributed by atoms with E-state index in [1.165, 1.54) is 291 Å². The SMILES string of the molecule is CCCCCCCCC1(CCCCCCCC)c2cc3c(cc2-c2cc4c(cc21)-c1sccc1C4(c1ccc(CCCCCC)cc1)c1ccc(CCCCCC)cc1)C(c1ccc(CCCCCC)cc1)(c1ccc(CCCCCC)cc1)c1ccsc1-3. The summed E-state index contributed by atoms with van der Waals surface area (Å²) in [5.41, 5.74) is 25.7. The van der Waals surface area contributed by atoms with Crippen LogP contribution < -0.4 is 0 Å². The summed E-state index contributed by atoms with van der Waals surface area (Å²) in [5.74, 6) is 0. The minimum absolute atomic E-state index is 0.0900. The van der Waals surface area contributed by atoms with E-state index >= 15 is 0 Å². The van der Waals surface area contributed by atoms with E-state index in [0.29, 0.717) is 0 Å². The maximum Gasteiger partial charge on any atom is 0.0722 e. The third-order valence-corrected chi connectivity index (χ3v) is 23.7. The minimum Gasteiger partial charge on any atom is -0.143 e. The van der Waals surface area contributed by atoms with Gasteiger partial charge in [-0.25, -0.2) is 0 Å². The number of hydrogen-bond donors (Lipinski definition) is 0. The summed E-state index contributed by atoms with van der Waals surface area (Å²) >= 11 is 3.99. The van der Waals surface area contributed by atoms with Gasteiger partial charge in [-0.15, -0.1) is 22.7 Å². The molecule has 6 aromatic carbocycles. The molecule has 0 nitrogen and oxygen atoms in total. The number of hydrogen-bond acceptors (Lipinski definition) is 2. The van der Waals surface area contributed by atoms with Crippen molar-refractivity contribution >= 4 is 22.7 Å². The Morgan fingerprint density at radius 1 is 0.247 bits per heavy atom. The van der Waals surface area contributed by atoms with Crippen molar-refractivity contribution in [1.29, 1.82) is 0 Å². The Morgan fingerprint density at radius 3 is 0.798 bits per heavy atom. The highest BCUT2D eigenvalue weighted by atomic mass is 32.1. The Bertz CT molecular complexity index is 3120. The smallest absolute Gasteiger partial charge is 0.0722 e. The fourth-order valence-corrected chi connectivity index (χ4v) is 18.8. The predicted octanol–water partition coefficient (Wildman–Crippen LogP) is 26.8. The summed E-state index contributed by atoms with van der Waals surface area (Å²) in [5, 5.41) is 4.85. The number of rotatable bonds is 38. The van der Waals surface area contributed by atoms with Crippen LogP contribution in [0.2, 0.25) is 0 Å². The van der Waals surface area contributed by atoms with Gasteiger partial charge in [-0.1, -0.05) is 293 Å². The standard InChI is InChI=1S/C87H110S2/c1-7-13-19-25-27-33-57-85(58-34-28-26-20-14-8-2)79-63-75-81(86(77-55-59-88-83(75)77,69-47-39-65(40-48-69)35-29-21-15-9-3)70-49-41-66(42-50-70)36-30-22-16-10-4)61-73(79)74-62-82-76(64-80(74)85)84-78(56-60-89-84)87(82,71-51-43-67(44-52-71)37-31-23-17-11-5)72-53-45-68(46-54-72)38-32-24-18-12-6/h39-56,59-64H,7-38,57-58H2,1-6H3. The van der Waals surface area contributed by atoms with Crippen molar-refractivity contribution in [2.24, 2.45) is 0 Å². The van der Waals surface area contributed by atoms with E-state index in [1.54, 1.807) is 11.1 Å². The van der Waals surface area contributed by atoms with Crippen molar-refractivity contribution in [2.45, 2.75) is 276 Å². The second kappa shape index (κ2) is 31.4. The van der Waals surface area contributed by atoms with Crippen molar-refractivity contribution in [3.63, 3.8) is 0 Å². The molecule has 2 heterocycles. The maximum absolute atomic E-state index is 2.84. The summed E-state index contributed by atoms with van der Waals surface area (Å²) in [4.78, 5) is 2.96. The van der Waals surface area contributed by atoms with Gasteiger partial charge in [0.05, 0.1) is 10.8 Å². The van der Waals surface area contributed by atoms with Crippen molar-refractivity contribution in [3.05, 3.63) is 222 Å². The second-order valence-electron chi connectivity index (χ2n) is 27.9. The summed E-state index contributed by atoms with van der Waals surface area (Å²) in [6, 6.07) is 56.9. The van der Waals surface area contributed by atoms with Crippen molar-refractivity contribution < 1.29 is 0 Å². The lowest BCUT2D eigenvalue weighted by Gasteiger charge is -2.35. The first-order valence-corrected chi connectivity index (χ1v) is 38.6. The number of aryl methyl sites for hydroxylation is 4. The van der Waals surface area contributed by atoms with E-state index < -0.39 is 10.8 Å². The molecule has 3 aliphatic rings. The molecule has 2 heteroatoms. The third kappa shape index (κ3) is 13.4. The van der Waals surface area contributed by atoms with Gasteiger partial charge < -0.3 is 0 Å². The van der Waals surface area contributed by atoms with Crippen LogP contribution >= 0.6 is 22.7 Å². The lowest BCUT2D eigenvalue weighted by Crippen LogP contribution is -2.29. The van der Waals surface area contributed by atoms with Crippen LogP contribution in [0.15, 0.2) is 144 Å². The molecule has 3 aliphatic carbocycles. The second-order valence-corrected chi connectivity index (χ2v) is 29.7. The Balaban J connectivity index is 1.14. The van der Waals surface area contributed by atoms with Crippen LogP contribution in [0.1, 0.15) is 312 Å². The largest absolute Gasteiger partial charge is 0.143 e. The molecular formula is C87H110S2. The molecular weight excluding hydrogens is 1110 g/mol. The van der Waals surface area contributed by atoms with Crippen LogP contribution in [0, 0.1) is 0 Å². The molecule has 0 atom stereocenters. The molecule has 0 fully saturated rings. The van der Waals surface area contributed by atoms with E-state index in [2.05, 4.69) is 186 Å². The Kier molecular flexibility index (Phi) is 23.0. The van der Waals surface area contributed by atoms with Crippen LogP contribution in [0.4, 0.5) is 0 Å². The molecule has 0 amide bonds. The highest BCUT2D eigenvalue weighted by Crippen LogP contribution is 2.66. The lowest BCUT2D eigenvalue weighted by molar-refractivity contribution is 0.398. The molecule has 0 saturated carbocycles. The van der Waals surface area contributed by atoms with E-state index in [0.717, 1.165) is 25.7 Å². The highest BCUT2D eigenvalue weighted by molar-refractivity contribution is 7.14. The maximum atomic E-state index is 2.84. The molecule has 470 valence electrons. The molecule has 8 aromatic rings. The van der Waals surface area contributed by atoms with Gasteiger partial charge in [0.25, 0.3) is 0 Å². The number of thiophene rings is 2. The van der Waals surface area contributed by atoms with Gasteiger partial charge in [-0.05, 0) is 212 Å². The van der Waals surface area contributed by atoms with Crippen LogP contribution in [-0.4, -0.2) is 0 Å². The highest BCUT2D eigenvalue weighted by Gasteiger charge is 2.53. The van der Waals surface area contributed by atoms with Gasteiger partial charge in [-0.3, -0.25) is 0 Å². The molecule has 0 aliphatic heterocycles. The minimum atomic E-state index is -0.452. The van der Waals surface area contributed by atoms with Gasteiger partial charge in [0.2, 0.25) is 0 Å². The first kappa shape index (κ1) is 65.2. The van der Waals surface area contributed by atoms with E-state index in [-0.39, 0.29) is 5.41 Å². The molecule has 2 aromatic heterocycles. The zero-order valence-electron chi connectivity index (χ0n) is 56.2. The molecule has 0 saturated heterocycles. The topological polar surface area (TPSA) is 0 Å². The Hall–Kier alpha value is -5.28. The fourth-order valence-electron chi connectivity index (χ4n) is 16.9. The summed E-state index contributed by atoms with van der Waals surface area (Å²) < 4.78 is 0. The first-order valence-electron chi connectivity index (χ1n) is 36.8. The zero-order chi connectivity index (χ0) is 61.5. The van der Waals surface area contributed by atoms with Gasteiger partial charge >= 0.3 is 0 Å². The number of benzene rings is 6. The summed E-state index contributed by atoms with van der Waals surface area (Å²) in [7, 11) is 0. The van der Waals surface area contributed by atoms with Crippen LogP contribution in [-0.2, 0) is 41.9 Å². The van der Waals surface area contributed by atoms with Gasteiger partial charge in [0.1, 0.15) is 0 Å². The molecule has 0 N–H and O–H groups in total.